The number of nitrogen functional groups attached to an aromatic ring is 1. The van der Waals surface area contributed by atoms with E-state index >= 15 is 0 Å². The Morgan fingerprint density at radius 1 is 1.23 bits per heavy atom. The summed E-state index contributed by atoms with van der Waals surface area (Å²) < 4.78 is 12.4. The van der Waals surface area contributed by atoms with E-state index in [0.29, 0.717) is 5.56 Å². The van der Waals surface area contributed by atoms with Gasteiger partial charge in [0.1, 0.15) is 17.7 Å². The summed E-state index contributed by atoms with van der Waals surface area (Å²) in [5, 5.41) is 42.0. The second kappa shape index (κ2) is 11.2. The fourth-order valence-corrected chi connectivity index (χ4v) is 5.04. The molecule has 5 rings (SSSR count). The van der Waals surface area contributed by atoms with Crippen LogP contribution >= 0.6 is 11.6 Å². The van der Waals surface area contributed by atoms with E-state index < -0.39 is 60.5 Å². The first-order chi connectivity index (χ1) is 20.4. The summed E-state index contributed by atoms with van der Waals surface area (Å²) in [6.45, 7) is -0.866. The molecule has 5 atom stereocenters. The molecule has 0 radical (unpaired) electrons. The lowest BCUT2D eigenvalue weighted by Gasteiger charge is -2.30. The van der Waals surface area contributed by atoms with Gasteiger partial charge >= 0.3 is 11.9 Å². The van der Waals surface area contributed by atoms with Crippen molar-refractivity contribution in [2.75, 3.05) is 12.3 Å². The molecule has 1 saturated heterocycles. The number of carbonyl (C=O) groups is 3. The number of carbonyl (C=O) groups excluding carboxylic acids is 1. The number of halogens is 1. The highest BCUT2D eigenvalue weighted by Crippen LogP contribution is 2.39. The summed E-state index contributed by atoms with van der Waals surface area (Å²) >= 11 is 5.91. The van der Waals surface area contributed by atoms with Gasteiger partial charge in [0, 0.05) is 12.6 Å². The van der Waals surface area contributed by atoms with Crippen molar-refractivity contribution in [3.05, 3.63) is 59.2 Å². The number of amides is 1. The average molecular weight is 611 g/mol. The molecule has 4 heterocycles. The predicted molar refractivity (Wildman–Crippen MR) is 148 cm³/mol. The number of ether oxygens (including phenoxy) is 2. The van der Waals surface area contributed by atoms with Crippen molar-refractivity contribution < 1.29 is 44.3 Å². The van der Waals surface area contributed by atoms with Crippen LogP contribution in [0.3, 0.4) is 0 Å². The quantitative estimate of drug-likeness (QED) is 0.123. The molecule has 0 bridgehead atoms. The van der Waals surface area contributed by atoms with E-state index in [1.165, 1.54) is 29.2 Å². The molecule has 6 N–H and O–H groups in total. The molecule has 0 spiro atoms. The maximum absolute atomic E-state index is 12.4. The standard InChI is InChI=1S/C27H23ClN6O9/c1-2-26(41)16(43-22(18(26)35)34-12-31-17-19(29)32-25(28)33-20(17)34)11-42-27(23(37)38,24(39)40)10-13-5-7-14(8-6-13)15-4-3-9-30-21(15)36/h1,3-9,12,15-16,18,22,35,41H,10-11H2,(H,37,38)(H,39,40)(H2,29,32,33)/t15?,16-,18+,22-,26-/m1/s1. The molecule has 222 valence electrons. The Hall–Kier alpha value is -4.72. The number of terminal acetylenes is 1. The number of nitrogens with zero attached hydrogens (tertiary/aromatic N) is 5. The zero-order chi connectivity index (χ0) is 31.1. The number of dihydropyridines is 1. The van der Waals surface area contributed by atoms with Gasteiger partial charge in [-0.05, 0) is 28.8 Å². The van der Waals surface area contributed by atoms with E-state index in [1.54, 1.807) is 24.3 Å². The van der Waals surface area contributed by atoms with Crippen LogP contribution in [-0.4, -0.2) is 94.0 Å². The normalized spacial score (nSPS) is 25.2. The van der Waals surface area contributed by atoms with Crippen molar-refractivity contribution in [1.29, 1.82) is 0 Å². The molecule has 43 heavy (non-hydrogen) atoms. The molecule has 2 aliphatic heterocycles. The molecule has 16 heteroatoms. The van der Waals surface area contributed by atoms with Crippen LogP contribution < -0.4 is 5.73 Å². The Morgan fingerprint density at radius 2 is 1.93 bits per heavy atom. The minimum Gasteiger partial charge on any atom is -0.479 e. The second-order valence-electron chi connectivity index (χ2n) is 9.78. The largest absolute Gasteiger partial charge is 0.479 e. The number of aliphatic imine (C=N–C) groups is 1. The zero-order valence-electron chi connectivity index (χ0n) is 21.9. The van der Waals surface area contributed by atoms with E-state index in [2.05, 4.69) is 19.9 Å². The minimum absolute atomic E-state index is 0.0357. The number of aliphatic carboxylic acids is 2. The number of aliphatic hydroxyl groups excluding tert-OH is 1. The number of nitrogens with two attached hydrogens (primary N) is 1. The van der Waals surface area contributed by atoms with Crippen LogP contribution in [0.1, 0.15) is 23.3 Å². The molecule has 1 amide bonds. The average Bonchev–Trinajstić information content (AvgIpc) is 3.50. The van der Waals surface area contributed by atoms with E-state index in [1.807, 2.05) is 5.92 Å². The topological polar surface area (TPSA) is 233 Å². The van der Waals surface area contributed by atoms with Crippen molar-refractivity contribution in [3.8, 4) is 12.3 Å². The van der Waals surface area contributed by atoms with Crippen LogP contribution in [0.2, 0.25) is 5.28 Å². The number of benzene rings is 1. The summed E-state index contributed by atoms with van der Waals surface area (Å²) in [7, 11) is 0. The zero-order valence-corrected chi connectivity index (χ0v) is 22.7. The molecule has 1 fully saturated rings. The van der Waals surface area contributed by atoms with E-state index in [0.717, 1.165) is 0 Å². The van der Waals surface area contributed by atoms with Gasteiger partial charge in [-0.25, -0.2) is 19.6 Å². The summed E-state index contributed by atoms with van der Waals surface area (Å²) in [4.78, 5) is 52.4. The van der Waals surface area contributed by atoms with Gasteiger partial charge in [-0.1, -0.05) is 36.3 Å². The number of imidazole rings is 1. The number of fused-ring (bicyclic) bond motifs is 1. The fraction of sp³-hybridized carbons (Fsp3) is 0.296. The summed E-state index contributed by atoms with van der Waals surface area (Å²) in [5.74, 6) is -2.73. The second-order valence-corrected chi connectivity index (χ2v) is 10.1. The third-order valence-corrected chi connectivity index (χ3v) is 7.43. The summed E-state index contributed by atoms with van der Waals surface area (Å²) in [6.07, 6.45) is 5.80. The van der Waals surface area contributed by atoms with Gasteiger partial charge in [0.15, 0.2) is 23.3 Å². The first-order valence-corrected chi connectivity index (χ1v) is 12.9. The monoisotopic (exact) mass is 610 g/mol. The predicted octanol–water partition coefficient (Wildman–Crippen LogP) is 0.103. The number of hydrogen-bond acceptors (Lipinski definition) is 11. The van der Waals surface area contributed by atoms with Crippen molar-refractivity contribution in [1.82, 2.24) is 19.5 Å². The lowest BCUT2D eigenvalue weighted by Crippen LogP contribution is -2.55. The highest BCUT2D eigenvalue weighted by atomic mass is 35.5. The van der Waals surface area contributed by atoms with Gasteiger partial charge in [0.05, 0.1) is 18.9 Å². The molecule has 0 saturated carbocycles. The lowest BCUT2D eigenvalue weighted by atomic mass is 9.90. The summed E-state index contributed by atoms with van der Waals surface area (Å²) in [5.41, 5.74) is 1.48. The SMILES string of the molecule is C#C[C@@]1(O)[C@@H](COC(Cc2ccc(C3C=CC=NC3=O)cc2)(C(=O)O)C(=O)O)O[C@@H](n2cnc3c(N)nc(Cl)nc32)[C@@H]1O. The number of carboxylic acids is 2. The smallest absolute Gasteiger partial charge is 0.348 e. The molecule has 3 aromatic rings. The first kappa shape index (κ1) is 29.8. The molecule has 1 aromatic carbocycles. The van der Waals surface area contributed by atoms with Crippen molar-refractivity contribution >= 4 is 52.6 Å². The van der Waals surface area contributed by atoms with Gasteiger partial charge in [0.25, 0.3) is 11.5 Å². The minimum atomic E-state index is -2.86. The molecule has 0 aliphatic carbocycles. The third kappa shape index (κ3) is 5.11. The maximum Gasteiger partial charge on any atom is 0.348 e. The Balaban J connectivity index is 1.40. The number of hydrogen-bond donors (Lipinski definition) is 5. The first-order valence-electron chi connectivity index (χ1n) is 12.5. The Labute approximate surface area is 247 Å². The Morgan fingerprint density at radius 3 is 2.56 bits per heavy atom. The van der Waals surface area contributed by atoms with Gasteiger partial charge < -0.3 is 35.6 Å². The number of rotatable bonds is 9. The highest BCUT2D eigenvalue weighted by Gasteiger charge is 2.58. The number of anilines is 1. The van der Waals surface area contributed by atoms with Crippen molar-refractivity contribution in [3.63, 3.8) is 0 Å². The third-order valence-electron chi connectivity index (χ3n) is 7.26. The molecule has 2 aromatic heterocycles. The van der Waals surface area contributed by atoms with Crippen LogP contribution in [0.15, 0.2) is 47.7 Å². The van der Waals surface area contributed by atoms with Gasteiger partial charge in [-0.2, -0.15) is 9.97 Å². The van der Waals surface area contributed by atoms with E-state index in [9.17, 15) is 34.8 Å². The number of carboxylic acid groups (broad SMARTS) is 2. The number of allylic oxidation sites excluding steroid dienone is 1. The Bertz CT molecular complexity index is 1700. The van der Waals surface area contributed by atoms with Gasteiger partial charge in [-0.3, -0.25) is 9.36 Å². The summed E-state index contributed by atoms with van der Waals surface area (Å²) in [6, 6.07) is 6.03. The highest BCUT2D eigenvalue weighted by molar-refractivity contribution is 6.28. The van der Waals surface area contributed by atoms with Gasteiger partial charge in [0.2, 0.25) is 5.28 Å². The van der Waals surface area contributed by atoms with Crippen LogP contribution in [0.5, 0.6) is 0 Å². The molecule has 1 unspecified atom stereocenters. The number of aliphatic hydroxyl groups is 2. The number of aromatic nitrogens is 4. The molecular formula is C27H23ClN6O9. The lowest BCUT2D eigenvalue weighted by molar-refractivity contribution is -0.191. The van der Waals surface area contributed by atoms with Crippen LogP contribution in [0.25, 0.3) is 11.2 Å². The van der Waals surface area contributed by atoms with E-state index in [4.69, 9.17) is 33.2 Å². The molecule has 2 aliphatic rings. The maximum atomic E-state index is 12.4. The van der Waals surface area contributed by atoms with Crippen molar-refractivity contribution in [2.24, 2.45) is 4.99 Å². The van der Waals surface area contributed by atoms with Crippen LogP contribution in [-0.2, 0) is 30.3 Å². The van der Waals surface area contributed by atoms with Crippen molar-refractivity contribution in [2.45, 2.75) is 42.0 Å². The fourth-order valence-electron chi connectivity index (χ4n) is 4.87. The van der Waals surface area contributed by atoms with Gasteiger partial charge in [-0.15, -0.1) is 6.42 Å². The molecular weight excluding hydrogens is 588 g/mol. The van der Waals surface area contributed by atoms with Crippen LogP contribution in [0, 0.1) is 12.3 Å². The van der Waals surface area contributed by atoms with Crippen LogP contribution in [0.4, 0.5) is 5.82 Å². The molecule has 15 nitrogen and oxygen atoms in total. The van der Waals surface area contributed by atoms with E-state index in [-0.39, 0.29) is 33.7 Å². The Kier molecular flexibility index (Phi) is 7.73.